The predicted molar refractivity (Wildman–Crippen MR) is 245 cm³/mol. The second kappa shape index (κ2) is 13.2. The number of benzene rings is 9. The van der Waals surface area contributed by atoms with Gasteiger partial charge in [0.2, 0.25) is 0 Å². The molecule has 0 radical (unpaired) electrons. The lowest BCUT2D eigenvalue weighted by atomic mass is 9.81. The molecule has 1 aliphatic rings. The summed E-state index contributed by atoms with van der Waals surface area (Å²) < 4.78 is 2.60. The Hall–Kier alpha value is -6.74. The van der Waals surface area contributed by atoms with Crippen molar-refractivity contribution in [1.82, 2.24) is 0 Å². The largest absolute Gasteiger partial charge is 0.309 e. The van der Waals surface area contributed by atoms with Crippen LogP contribution in [-0.2, 0) is 5.41 Å². The Morgan fingerprint density at radius 1 is 0.386 bits per heavy atom. The van der Waals surface area contributed by atoms with Crippen molar-refractivity contribution in [3.05, 3.63) is 211 Å². The van der Waals surface area contributed by atoms with Crippen LogP contribution in [0.25, 0.3) is 75.5 Å². The third-order valence-electron chi connectivity index (χ3n) is 12.1. The molecule has 2 heteroatoms. The minimum atomic E-state index is -0.230. The molecule has 57 heavy (non-hydrogen) atoms. The molecule has 11 rings (SSSR count). The van der Waals surface area contributed by atoms with Gasteiger partial charge < -0.3 is 4.90 Å². The van der Waals surface area contributed by atoms with Gasteiger partial charge in [-0.2, -0.15) is 0 Å². The van der Waals surface area contributed by atoms with Gasteiger partial charge in [-0.15, -0.1) is 11.3 Å². The van der Waals surface area contributed by atoms with Crippen LogP contribution in [0.5, 0.6) is 0 Å². The van der Waals surface area contributed by atoms with Gasteiger partial charge >= 0.3 is 0 Å². The molecule has 0 fully saturated rings. The van der Waals surface area contributed by atoms with E-state index in [0.717, 1.165) is 11.4 Å². The molecule has 1 aliphatic carbocycles. The number of fused-ring (bicyclic) bond motifs is 7. The molecule has 1 nitrogen and oxygen atoms in total. The second-order valence-corrected chi connectivity index (χ2v) is 16.7. The highest BCUT2D eigenvalue weighted by molar-refractivity contribution is 7.25. The molecule has 9 aromatic carbocycles. The molecule has 0 atom stereocenters. The molecule has 0 bridgehead atoms. The average Bonchev–Trinajstić information content (AvgIpc) is 3.75. The van der Waals surface area contributed by atoms with Crippen molar-refractivity contribution in [1.29, 1.82) is 0 Å². The van der Waals surface area contributed by atoms with Crippen LogP contribution in [0.2, 0.25) is 0 Å². The molecule has 0 saturated carbocycles. The summed E-state index contributed by atoms with van der Waals surface area (Å²) in [4.78, 5) is 2.58. The van der Waals surface area contributed by atoms with E-state index in [1.54, 1.807) is 0 Å². The normalized spacial score (nSPS) is 12.9. The van der Waals surface area contributed by atoms with Crippen LogP contribution in [0.4, 0.5) is 17.1 Å². The van der Waals surface area contributed by atoms with E-state index in [-0.39, 0.29) is 5.41 Å². The fraction of sp³-hybridized carbons (Fsp3) is 0.0545. The molecule has 1 heterocycles. The van der Waals surface area contributed by atoms with Crippen LogP contribution in [0.1, 0.15) is 25.0 Å². The Kier molecular flexibility index (Phi) is 7.77. The monoisotopic (exact) mass is 745 g/mol. The van der Waals surface area contributed by atoms with Crippen molar-refractivity contribution in [3.8, 4) is 44.5 Å². The quantitative estimate of drug-likeness (QED) is 0.164. The summed E-state index contributed by atoms with van der Waals surface area (Å²) in [6, 6.07) is 74.0. The van der Waals surface area contributed by atoms with E-state index in [2.05, 4.69) is 219 Å². The Morgan fingerprint density at radius 2 is 0.982 bits per heavy atom. The van der Waals surface area contributed by atoms with E-state index < -0.39 is 0 Å². The molecule has 0 saturated heterocycles. The van der Waals surface area contributed by atoms with Gasteiger partial charge in [-0.25, -0.2) is 0 Å². The van der Waals surface area contributed by atoms with E-state index in [1.807, 2.05) is 11.3 Å². The van der Waals surface area contributed by atoms with E-state index in [9.17, 15) is 0 Å². The van der Waals surface area contributed by atoms with Gasteiger partial charge in [0.25, 0.3) is 0 Å². The lowest BCUT2D eigenvalue weighted by molar-refractivity contribution is 0.661. The second-order valence-electron chi connectivity index (χ2n) is 15.6. The van der Waals surface area contributed by atoms with Crippen LogP contribution in [0, 0.1) is 0 Å². The molecule has 1 aromatic heterocycles. The SMILES string of the molecule is CC1(C)c2ccccc2-c2cccc(N(c3ccccc3-c3ccccc3)c3cccc(-c4cccc5ccccc45)c3-c3ccc4c(c3)sc3ccccc34)c21. The van der Waals surface area contributed by atoms with Crippen molar-refractivity contribution in [2.24, 2.45) is 0 Å². The fourth-order valence-electron chi connectivity index (χ4n) is 9.52. The van der Waals surface area contributed by atoms with Crippen molar-refractivity contribution < 1.29 is 0 Å². The summed E-state index contributed by atoms with van der Waals surface area (Å²) in [5.74, 6) is 0. The molecule has 0 N–H and O–H groups in total. The Labute approximate surface area is 337 Å². The summed E-state index contributed by atoms with van der Waals surface area (Å²) in [5, 5.41) is 5.09. The van der Waals surface area contributed by atoms with Crippen LogP contribution in [-0.4, -0.2) is 0 Å². The molecule has 270 valence electrons. The van der Waals surface area contributed by atoms with Gasteiger partial charge in [-0.3, -0.25) is 0 Å². The zero-order valence-electron chi connectivity index (χ0n) is 31.9. The Balaban J connectivity index is 1.27. The number of rotatable bonds is 6. The van der Waals surface area contributed by atoms with Crippen LogP contribution in [0.15, 0.2) is 200 Å². The van der Waals surface area contributed by atoms with Gasteiger partial charge in [0, 0.05) is 36.7 Å². The first-order valence-electron chi connectivity index (χ1n) is 19.8. The minimum absolute atomic E-state index is 0.230. The highest BCUT2D eigenvalue weighted by Crippen LogP contribution is 2.57. The first-order valence-corrected chi connectivity index (χ1v) is 20.6. The summed E-state index contributed by atoms with van der Waals surface area (Å²) in [5.41, 5.74) is 15.8. The molecule has 0 aliphatic heterocycles. The standard InChI is InChI=1S/C55H39NS/c1-55(2)47-28-11-8-23-42(47)46-27-16-31-50(54(46)55)56(48-29-12-9-22-40(48)37-17-4-3-5-18-37)49-30-15-26-45(41-25-14-20-36-19-6-7-21-39(36)41)53(49)38-33-34-44-43-24-10-13-32-51(43)57-52(44)35-38/h3-35H,1-2H3. The van der Waals surface area contributed by atoms with Crippen LogP contribution < -0.4 is 4.90 Å². The smallest absolute Gasteiger partial charge is 0.0546 e. The highest BCUT2D eigenvalue weighted by Gasteiger charge is 2.39. The molecular formula is C55H39NS. The predicted octanol–water partition coefficient (Wildman–Crippen LogP) is 16.0. The van der Waals surface area contributed by atoms with Gasteiger partial charge in [0.1, 0.15) is 0 Å². The molecule has 0 spiro atoms. The first kappa shape index (κ1) is 33.6. The van der Waals surface area contributed by atoms with Crippen molar-refractivity contribution in [2.45, 2.75) is 19.3 Å². The molecule has 10 aromatic rings. The zero-order chi connectivity index (χ0) is 38.1. The summed E-state index contributed by atoms with van der Waals surface area (Å²) in [7, 11) is 0. The Morgan fingerprint density at radius 3 is 1.86 bits per heavy atom. The van der Waals surface area contributed by atoms with E-state index in [1.165, 1.54) is 92.3 Å². The lowest BCUT2D eigenvalue weighted by Gasteiger charge is -2.35. The topological polar surface area (TPSA) is 3.24 Å². The van der Waals surface area contributed by atoms with E-state index >= 15 is 0 Å². The fourth-order valence-corrected chi connectivity index (χ4v) is 10.7. The number of anilines is 3. The van der Waals surface area contributed by atoms with Crippen LogP contribution >= 0.6 is 11.3 Å². The van der Waals surface area contributed by atoms with Crippen LogP contribution in [0.3, 0.4) is 0 Å². The number of thiophene rings is 1. The molecule has 0 amide bonds. The van der Waals surface area contributed by atoms with Crippen molar-refractivity contribution in [3.63, 3.8) is 0 Å². The number of nitrogens with zero attached hydrogens (tertiary/aromatic N) is 1. The maximum atomic E-state index is 2.58. The lowest BCUT2D eigenvalue weighted by Crippen LogP contribution is -2.21. The van der Waals surface area contributed by atoms with Gasteiger partial charge in [-0.05, 0) is 85.6 Å². The van der Waals surface area contributed by atoms with Gasteiger partial charge in [-0.1, -0.05) is 184 Å². The number of hydrogen-bond donors (Lipinski definition) is 0. The van der Waals surface area contributed by atoms with Gasteiger partial charge in [0.05, 0.1) is 17.1 Å². The maximum Gasteiger partial charge on any atom is 0.0546 e. The van der Waals surface area contributed by atoms with E-state index in [4.69, 9.17) is 0 Å². The van der Waals surface area contributed by atoms with E-state index in [0.29, 0.717) is 0 Å². The third kappa shape index (κ3) is 5.29. The maximum absolute atomic E-state index is 2.58. The highest BCUT2D eigenvalue weighted by atomic mass is 32.1. The number of hydrogen-bond acceptors (Lipinski definition) is 2. The van der Waals surface area contributed by atoms with Crippen molar-refractivity contribution in [2.75, 3.05) is 4.90 Å². The van der Waals surface area contributed by atoms with Crippen molar-refractivity contribution >= 4 is 59.3 Å². The summed E-state index contributed by atoms with van der Waals surface area (Å²) in [6.45, 7) is 4.79. The first-order chi connectivity index (χ1) is 28.1. The summed E-state index contributed by atoms with van der Waals surface area (Å²) >= 11 is 1.88. The number of para-hydroxylation sites is 1. The average molecular weight is 746 g/mol. The molecule has 0 unspecified atom stereocenters. The zero-order valence-corrected chi connectivity index (χ0v) is 32.7. The summed E-state index contributed by atoms with van der Waals surface area (Å²) in [6.07, 6.45) is 0. The van der Waals surface area contributed by atoms with Gasteiger partial charge in [0.15, 0.2) is 0 Å². The Bertz CT molecular complexity index is 3160. The molecular weight excluding hydrogens is 707 g/mol. The third-order valence-corrected chi connectivity index (χ3v) is 13.2. The minimum Gasteiger partial charge on any atom is -0.309 e.